The van der Waals surface area contributed by atoms with Crippen LogP contribution in [0.5, 0.6) is 5.75 Å². The molecule has 0 heterocycles. The Labute approximate surface area is 112 Å². The standard InChI is InChI=1S/C14H20BrNO/c1-10-8-12(9-11(2)13(10)15)17-14(6-7-16)4-3-5-14/h8-9H,3-7,16H2,1-2H3. The van der Waals surface area contributed by atoms with Gasteiger partial charge in [0.2, 0.25) is 0 Å². The van der Waals surface area contributed by atoms with Gasteiger partial charge in [0.15, 0.2) is 0 Å². The highest BCUT2D eigenvalue weighted by Crippen LogP contribution is 2.40. The Balaban J connectivity index is 2.18. The van der Waals surface area contributed by atoms with Crippen molar-refractivity contribution in [1.82, 2.24) is 0 Å². The second-order valence-electron chi connectivity index (χ2n) is 5.05. The lowest BCUT2D eigenvalue weighted by Gasteiger charge is -2.42. The highest BCUT2D eigenvalue weighted by atomic mass is 79.9. The summed E-state index contributed by atoms with van der Waals surface area (Å²) in [7, 11) is 0. The zero-order valence-electron chi connectivity index (χ0n) is 10.6. The molecular formula is C14H20BrNO. The minimum absolute atomic E-state index is 0.0153. The van der Waals surface area contributed by atoms with Crippen molar-refractivity contribution in [3.8, 4) is 5.75 Å². The number of nitrogens with two attached hydrogens (primary N) is 1. The van der Waals surface area contributed by atoms with Crippen molar-refractivity contribution in [3.05, 3.63) is 27.7 Å². The molecule has 2 N–H and O–H groups in total. The summed E-state index contributed by atoms with van der Waals surface area (Å²) < 4.78 is 7.37. The van der Waals surface area contributed by atoms with Gasteiger partial charge in [-0.2, -0.15) is 0 Å². The van der Waals surface area contributed by atoms with Gasteiger partial charge in [0.25, 0.3) is 0 Å². The maximum atomic E-state index is 6.19. The second kappa shape index (κ2) is 4.99. The zero-order valence-corrected chi connectivity index (χ0v) is 12.1. The lowest BCUT2D eigenvalue weighted by molar-refractivity contribution is -0.0125. The summed E-state index contributed by atoms with van der Waals surface area (Å²) in [6.07, 6.45) is 4.49. The fourth-order valence-corrected chi connectivity index (χ4v) is 2.68. The molecule has 1 fully saturated rings. The molecule has 1 aliphatic rings. The summed E-state index contributed by atoms with van der Waals surface area (Å²) in [5.74, 6) is 0.983. The monoisotopic (exact) mass is 297 g/mol. The highest BCUT2D eigenvalue weighted by molar-refractivity contribution is 9.10. The van der Waals surface area contributed by atoms with Crippen LogP contribution < -0.4 is 10.5 Å². The number of rotatable bonds is 4. The summed E-state index contributed by atoms with van der Waals surface area (Å²) in [6, 6.07) is 4.21. The largest absolute Gasteiger partial charge is 0.487 e. The molecule has 0 aliphatic heterocycles. The van der Waals surface area contributed by atoms with E-state index in [1.54, 1.807) is 0 Å². The van der Waals surface area contributed by atoms with E-state index in [1.165, 1.54) is 22.0 Å². The summed E-state index contributed by atoms with van der Waals surface area (Å²) in [5, 5.41) is 0. The minimum atomic E-state index is 0.0153. The van der Waals surface area contributed by atoms with Crippen LogP contribution in [0.2, 0.25) is 0 Å². The molecule has 0 radical (unpaired) electrons. The zero-order chi connectivity index (χ0) is 12.5. The normalized spacial score (nSPS) is 17.6. The van der Waals surface area contributed by atoms with E-state index in [9.17, 15) is 0 Å². The maximum Gasteiger partial charge on any atom is 0.120 e. The second-order valence-corrected chi connectivity index (χ2v) is 5.84. The first-order chi connectivity index (χ1) is 8.06. The molecule has 1 aliphatic carbocycles. The summed E-state index contributed by atoms with van der Waals surface area (Å²) >= 11 is 3.58. The van der Waals surface area contributed by atoms with Crippen LogP contribution in [0.15, 0.2) is 16.6 Å². The van der Waals surface area contributed by atoms with Crippen molar-refractivity contribution in [1.29, 1.82) is 0 Å². The Kier molecular flexibility index (Phi) is 3.79. The predicted molar refractivity (Wildman–Crippen MR) is 74.5 cm³/mol. The van der Waals surface area contributed by atoms with Crippen LogP contribution in [0.1, 0.15) is 36.8 Å². The van der Waals surface area contributed by atoms with Crippen LogP contribution in [0.3, 0.4) is 0 Å². The molecule has 0 bridgehead atoms. The quantitative estimate of drug-likeness (QED) is 0.919. The summed E-state index contributed by atoms with van der Waals surface area (Å²) in [6.45, 7) is 4.90. The van der Waals surface area contributed by atoms with E-state index in [2.05, 4.69) is 41.9 Å². The average molecular weight is 298 g/mol. The summed E-state index contributed by atoms with van der Waals surface area (Å²) in [4.78, 5) is 0. The molecule has 0 amide bonds. The van der Waals surface area contributed by atoms with Crippen molar-refractivity contribution in [2.24, 2.45) is 5.73 Å². The molecule has 1 aromatic carbocycles. The predicted octanol–water partition coefficient (Wildman–Crippen LogP) is 3.72. The molecule has 2 rings (SSSR count). The Hall–Kier alpha value is -0.540. The van der Waals surface area contributed by atoms with Gasteiger partial charge in [-0.3, -0.25) is 0 Å². The fraction of sp³-hybridized carbons (Fsp3) is 0.571. The van der Waals surface area contributed by atoms with Gasteiger partial charge in [-0.05, 0) is 69.3 Å². The summed E-state index contributed by atoms with van der Waals surface area (Å²) in [5.41, 5.74) is 8.14. The Bertz CT molecular complexity index is 390. The van der Waals surface area contributed by atoms with Gasteiger partial charge in [0.1, 0.15) is 11.4 Å². The topological polar surface area (TPSA) is 35.2 Å². The van der Waals surface area contributed by atoms with Crippen LogP contribution in [0.25, 0.3) is 0 Å². The first-order valence-electron chi connectivity index (χ1n) is 6.22. The SMILES string of the molecule is Cc1cc(OC2(CCN)CCC2)cc(C)c1Br. The van der Waals surface area contributed by atoms with Crippen molar-refractivity contribution < 1.29 is 4.74 Å². The molecule has 2 nitrogen and oxygen atoms in total. The third-order valence-electron chi connectivity index (χ3n) is 3.61. The molecule has 1 saturated carbocycles. The highest BCUT2D eigenvalue weighted by Gasteiger charge is 2.38. The van der Waals surface area contributed by atoms with E-state index in [4.69, 9.17) is 10.5 Å². The molecule has 0 atom stereocenters. The van der Waals surface area contributed by atoms with Crippen LogP contribution in [0, 0.1) is 13.8 Å². The smallest absolute Gasteiger partial charge is 0.120 e. The lowest BCUT2D eigenvalue weighted by Crippen LogP contribution is -2.44. The van der Waals surface area contributed by atoms with Gasteiger partial charge in [0, 0.05) is 4.47 Å². The number of aryl methyl sites for hydroxylation is 2. The lowest BCUT2D eigenvalue weighted by atomic mass is 9.77. The van der Waals surface area contributed by atoms with Crippen LogP contribution >= 0.6 is 15.9 Å². The van der Waals surface area contributed by atoms with E-state index < -0.39 is 0 Å². The molecule has 1 aromatic rings. The molecule has 0 unspecified atom stereocenters. The van der Waals surface area contributed by atoms with E-state index in [1.807, 2.05) is 0 Å². The van der Waals surface area contributed by atoms with Crippen LogP contribution in [-0.4, -0.2) is 12.1 Å². The first-order valence-corrected chi connectivity index (χ1v) is 7.01. The number of hydrogen-bond donors (Lipinski definition) is 1. The van der Waals surface area contributed by atoms with Crippen molar-refractivity contribution in [2.75, 3.05) is 6.54 Å². The number of ether oxygens (including phenoxy) is 1. The molecule has 0 saturated heterocycles. The van der Waals surface area contributed by atoms with E-state index >= 15 is 0 Å². The Morgan fingerprint density at radius 3 is 2.29 bits per heavy atom. The van der Waals surface area contributed by atoms with Crippen molar-refractivity contribution >= 4 is 15.9 Å². The molecule has 3 heteroatoms. The van der Waals surface area contributed by atoms with Gasteiger partial charge in [-0.15, -0.1) is 0 Å². The van der Waals surface area contributed by atoms with Gasteiger partial charge in [-0.1, -0.05) is 15.9 Å². The van der Waals surface area contributed by atoms with Crippen LogP contribution in [0.4, 0.5) is 0 Å². The average Bonchev–Trinajstić information content (AvgIpc) is 2.23. The Morgan fingerprint density at radius 2 is 1.88 bits per heavy atom. The first kappa shape index (κ1) is 12.9. The van der Waals surface area contributed by atoms with E-state index in [0.717, 1.165) is 25.0 Å². The van der Waals surface area contributed by atoms with Gasteiger partial charge in [-0.25, -0.2) is 0 Å². The molecule has 0 aromatic heterocycles. The number of halogens is 1. The molecule has 94 valence electrons. The van der Waals surface area contributed by atoms with Crippen molar-refractivity contribution in [3.63, 3.8) is 0 Å². The fourth-order valence-electron chi connectivity index (χ4n) is 2.45. The molecule has 0 spiro atoms. The van der Waals surface area contributed by atoms with E-state index in [0.29, 0.717) is 6.54 Å². The molecular weight excluding hydrogens is 278 g/mol. The maximum absolute atomic E-state index is 6.19. The third kappa shape index (κ3) is 2.66. The Morgan fingerprint density at radius 1 is 1.29 bits per heavy atom. The number of benzene rings is 1. The van der Waals surface area contributed by atoms with E-state index in [-0.39, 0.29) is 5.60 Å². The van der Waals surface area contributed by atoms with Crippen molar-refractivity contribution in [2.45, 2.75) is 45.1 Å². The molecule has 17 heavy (non-hydrogen) atoms. The van der Waals surface area contributed by atoms with Gasteiger partial charge >= 0.3 is 0 Å². The van der Waals surface area contributed by atoms with Gasteiger partial charge < -0.3 is 10.5 Å². The van der Waals surface area contributed by atoms with Gasteiger partial charge in [0.05, 0.1) is 0 Å². The minimum Gasteiger partial charge on any atom is -0.487 e. The van der Waals surface area contributed by atoms with Crippen LogP contribution in [-0.2, 0) is 0 Å². The number of hydrogen-bond acceptors (Lipinski definition) is 2. The third-order valence-corrected chi connectivity index (χ3v) is 4.86.